The average Bonchev–Trinajstić information content (AvgIpc) is 2.71. The molecule has 0 fully saturated rings. The highest BCUT2D eigenvalue weighted by atomic mass is 19.4. The van der Waals surface area contributed by atoms with Crippen molar-refractivity contribution in [2.75, 3.05) is 6.61 Å². The summed E-state index contributed by atoms with van der Waals surface area (Å²) >= 11 is 0. The Balaban J connectivity index is 2.20. The number of nitrogens with one attached hydrogen (secondary N) is 1. The maximum absolute atomic E-state index is 12.3. The summed E-state index contributed by atoms with van der Waals surface area (Å²) in [6.45, 7) is 0.582. The average molecular weight is 246 g/mol. The molecule has 1 unspecified atom stereocenters. The van der Waals surface area contributed by atoms with Crippen molar-refractivity contribution < 1.29 is 17.9 Å². The lowest BCUT2D eigenvalue weighted by Crippen LogP contribution is -2.31. The van der Waals surface area contributed by atoms with Gasteiger partial charge in [-0.15, -0.1) is 0 Å². The Hall–Kier alpha value is -1.27. The summed E-state index contributed by atoms with van der Waals surface area (Å²) in [5.74, 6) is 5.92. The first-order valence-electron chi connectivity index (χ1n) is 5.28. The van der Waals surface area contributed by atoms with Crippen molar-refractivity contribution in [2.24, 2.45) is 5.84 Å². The van der Waals surface area contributed by atoms with Gasteiger partial charge in [-0.2, -0.15) is 13.2 Å². The first kappa shape index (κ1) is 12.2. The number of halogens is 3. The van der Waals surface area contributed by atoms with E-state index in [4.69, 9.17) is 10.6 Å². The second kappa shape index (κ2) is 4.54. The van der Waals surface area contributed by atoms with Gasteiger partial charge >= 0.3 is 6.18 Å². The van der Waals surface area contributed by atoms with Gasteiger partial charge in [0.1, 0.15) is 5.75 Å². The lowest BCUT2D eigenvalue weighted by molar-refractivity contribution is -0.140. The van der Waals surface area contributed by atoms with Crippen LogP contribution in [0.1, 0.15) is 23.6 Å². The summed E-state index contributed by atoms with van der Waals surface area (Å²) in [5.41, 5.74) is 3.68. The standard InChI is InChI=1S/C11H13F3N2O/c12-11(13,14)6-9(16-15)7-1-2-10-8(5-7)3-4-17-10/h1-2,5,9,16H,3-4,6,15H2. The number of benzene rings is 1. The summed E-state index contributed by atoms with van der Waals surface area (Å²) in [7, 11) is 0. The van der Waals surface area contributed by atoms with Crippen LogP contribution in [0.3, 0.4) is 0 Å². The summed E-state index contributed by atoms with van der Waals surface area (Å²) < 4.78 is 42.3. The molecule has 0 aliphatic carbocycles. The van der Waals surface area contributed by atoms with Crippen molar-refractivity contribution in [3.8, 4) is 5.75 Å². The number of nitrogens with two attached hydrogens (primary N) is 1. The quantitative estimate of drug-likeness (QED) is 0.634. The van der Waals surface area contributed by atoms with E-state index in [1.54, 1.807) is 18.2 Å². The fourth-order valence-corrected chi connectivity index (χ4v) is 1.93. The van der Waals surface area contributed by atoms with Gasteiger partial charge in [0.25, 0.3) is 0 Å². The van der Waals surface area contributed by atoms with Crippen LogP contribution in [0.2, 0.25) is 0 Å². The lowest BCUT2D eigenvalue weighted by atomic mass is 10.0. The molecule has 1 aromatic carbocycles. The molecular formula is C11H13F3N2O. The third-order valence-corrected chi connectivity index (χ3v) is 2.75. The molecule has 0 saturated carbocycles. The van der Waals surface area contributed by atoms with Crippen molar-refractivity contribution in [1.29, 1.82) is 0 Å². The number of hydrazine groups is 1. The van der Waals surface area contributed by atoms with Gasteiger partial charge in [-0.1, -0.05) is 12.1 Å². The maximum Gasteiger partial charge on any atom is 0.390 e. The Kier molecular flexibility index (Phi) is 3.26. The molecule has 1 heterocycles. The Labute approximate surface area is 96.7 Å². The molecular weight excluding hydrogens is 233 g/mol. The van der Waals surface area contributed by atoms with E-state index >= 15 is 0 Å². The second-order valence-corrected chi connectivity index (χ2v) is 4.00. The molecule has 0 saturated heterocycles. The number of fused-ring (bicyclic) bond motifs is 1. The summed E-state index contributed by atoms with van der Waals surface area (Å²) in [4.78, 5) is 0. The van der Waals surface area contributed by atoms with Gasteiger partial charge in [-0.05, 0) is 17.2 Å². The molecule has 17 heavy (non-hydrogen) atoms. The highest BCUT2D eigenvalue weighted by Crippen LogP contribution is 2.32. The molecule has 1 aromatic rings. The summed E-state index contributed by atoms with van der Waals surface area (Å²) in [6, 6.07) is 4.11. The van der Waals surface area contributed by atoms with Crippen LogP contribution in [0, 0.1) is 0 Å². The van der Waals surface area contributed by atoms with Crippen molar-refractivity contribution in [3.63, 3.8) is 0 Å². The SMILES string of the molecule is NNC(CC(F)(F)F)c1ccc2c(c1)CCO2. The molecule has 1 aliphatic rings. The van der Waals surface area contributed by atoms with E-state index in [0.717, 1.165) is 17.7 Å². The minimum absolute atomic E-state index is 0.536. The smallest absolute Gasteiger partial charge is 0.390 e. The third kappa shape index (κ3) is 2.89. The fraction of sp³-hybridized carbons (Fsp3) is 0.455. The van der Waals surface area contributed by atoms with Gasteiger partial charge in [0.15, 0.2) is 0 Å². The predicted molar refractivity (Wildman–Crippen MR) is 56.4 cm³/mol. The molecule has 0 amide bonds. The van der Waals surface area contributed by atoms with E-state index in [2.05, 4.69) is 5.43 Å². The van der Waals surface area contributed by atoms with Crippen LogP contribution in [0.4, 0.5) is 13.2 Å². The van der Waals surface area contributed by atoms with Crippen LogP contribution in [-0.2, 0) is 6.42 Å². The van der Waals surface area contributed by atoms with Gasteiger partial charge in [-0.25, -0.2) is 0 Å². The summed E-state index contributed by atoms with van der Waals surface area (Å²) in [6.07, 6.45) is -4.50. The van der Waals surface area contributed by atoms with E-state index in [9.17, 15) is 13.2 Å². The summed E-state index contributed by atoms with van der Waals surface area (Å²) in [5, 5.41) is 0. The maximum atomic E-state index is 12.3. The molecule has 6 heteroatoms. The van der Waals surface area contributed by atoms with E-state index in [-0.39, 0.29) is 0 Å². The zero-order valence-corrected chi connectivity index (χ0v) is 9.05. The molecule has 2 rings (SSSR count). The molecule has 94 valence electrons. The first-order chi connectivity index (χ1) is 7.99. The topological polar surface area (TPSA) is 47.3 Å². The Morgan fingerprint density at radius 3 is 2.82 bits per heavy atom. The second-order valence-electron chi connectivity index (χ2n) is 4.00. The minimum atomic E-state index is -4.24. The zero-order chi connectivity index (χ0) is 12.5. The van der Waals surface area contributed by atoms with Gasteiger partial charge < -0.3 is 4.74 Å². The van der Waals surface area contributed by atoms with Gasteiger partial charge in [-0.3, -0.25) is 11.3 Å². The van der Waals surface area contributed by atoms with Gasteiger partial charge in [0.2, 0.25) is 0 Å². The van der Waals surface area contributed by atoms with E-state index in [1.165, 1.54) is 0 Å². The Morgan fingerprint density at radius 2 is 2.18 bits per heavy atom. The third-order valence-electron chi connectivity index (χ3n) is 2.75. The van der Waals surface area contributed by atoms with E-state index in [0.29, 0.717) is 12.2 Å². The molecule has 0 radical (unpaired) electrons. The van der Waals surface area contributed by atoms with Crippen molar-refractivity contribution >= 4 is 0 Å². The number of hydrogen-bond donors (Lipinski definition) is 2. The molecule has 0 bridgehead atoms. The van der Waals surface area contributed by atoms with Crippen LogP contribution in [0.15, 0.2) is 18.2 Å². The van der Waals surface area contributed by atoms with E-state index < -0.39 is 18.6 Å². The molecule has 3 N–H and O–H groups in total. The minimum Gasteiger partial charge on any atom is -0.493 e. The molecule has 1 atom stereocenters. The van der Waals surface area contributed by atoms with Gasteiger partial charge in [0, 0.05) is 6.42 Å². The van der Waals surface area contributed by atoms with Crippen molar-refractivity contribution in [2.45, 2.75) is 25.1 Å². The van der Waals surface area contributed by atoms with Crippen LogP contribution in [0.25, 0.3) is 0 Å². The van der Waals surface area contributed by atoms with Crippen LogP contribution in [-0.4, -0.2) is 12.8 Å². The fourth-order valence-electron chi connectivity index (χ4n) is 1.93. The highest BCUT2D eigenvalue weighted by molar-refractivity contribution is 5.40. The number of alkyl halides is 3. The van der Waals surface area contributed by atoms with Crippen LogP contribution in [0.5, 0.6) is 5.75 Å². The number of ether oxygens (including phenoxy) is 1. The van der Waals surface area contributed by atoms with Gasteiger partial charge in [0.05, 0.1) is 19.1 Å². The molecule has 0 aromatic heterocycles. The van der Waals surface area contributed by atoms with Crippen molar-refractivity contribution in [3.05, 3.63) is 29.3 Å². The van der Waals surface area contributed by atoms with Crippen LogP contribution >= 0.6 is 0 Å². The largest absolute Gasteiger partial charge is 0.493 e. The highest BCUT2D eigenvalue weighted by Gasteiger charge is 2.32. The first-order valence-corrected chi connectivity index (χ1v) is 5.28. The van der Waals surface area contributed by atoms with E-state index in [1.807, 2.05) is 0 Å². The monoisotopic (exact) mass is 246 g/mol. The number of rotatable bonds is 3. The van der Waals surface area contributed by atoms with Crippen molar-refractivity contribution in [1.82, 2.24) is 5.43 Å². The normalized spacial score (nSPS) is 16.5. The number of hydrogen-bond acceptors (Lipinski definition) is 3. The predicted octanol–water partition coefficient (Wildman–Crippen LogP) is 2.08. The Bertz CT molecular complexity index is 406. The lowest BCUT2D eigenvalue weighted by Gasteiger charge is -2.18. The molecule has 3 nitrogen and oxygen atoms in total. The molecule has 0 spiro atoms. The molecule has 1 aliphatic heterocycles. The zero-order valence-electron chi connectivity index (χ0n) is 9.05. The Morgan fingerprint density at radius 1 is 1.41 bits per heavy atom. The van der Waals surface area contributed by atoms with Crippen LogP contribution < -0.4 is 16.0 Å².